The Bertz CT molecular complexity index is 1300. The van der Waals surface area contributed by atoms with Crippen LogP contribution in [0.3, 0.4) is 0 Å². The van der Waals surface area contributed by atoms with E-state index in [-0.39, 0.29) is 29.0 Å². The van der Waals surface area contributed by atoms with Gasteiger partial charge in [-0.25, -0.2) is 8.42 Å². The van der Waals surface area contributed by atoms with E-state index in [1.54, 1.807) is 31.2 Å². The molecule has 0 saturated heterocycles. The summed E-state index contributed by atoms with van der Waals surface area (Å²) < 4.78 is 40.2. The number of carbonyl (C=O) groups is 1. The van der Waals surface area contributed by atoms with Gasteiger partial charge in [0.2, 0.25) is 0 Å². The number of rotatable bonds is 6. The van der Waals surface area contributed by atoms with E-state index in [9.17, 15) is 13.2 Å². The van der Waals surface area contributed by atoms with Crippen LogP contribution < -0.4 is 19.5 Å². The van der Waals surface area contributed by atoms with Crippen LogP contribution in [-0.4, -0.2) is 33.6 Å². The molecule has 1 aliphatic heterocycles. The predicted molar refractivity (Wildman–Crippen MR) is 127 cm³/mol. The van der Waals surface area contributed by atoms with E-state index >= 15 is 0 Å². The number of anilines is 1. The minimum atomic E-state index is -3.87. The first-order valence-electron chi connectivity index (χ1n) is 10.6. The fourth-order valence-electron chi connectivity index (χ4n) is 3.52. The normalized spacial score (nSPS) is 15.1. The monoisotopic (exact) mass is 466 g/mol. The van der Waals surface area contributed by atoms with Crippen LogP contribution in [-0.2, 0) is 10.0 Å². The van der Waals surface area contributed by atoms with Crippen LogP contribution >= 0.6 is 0 Å². The van der Waals surface area contributed by atoms with Crippen molar-refractivity contribution in [3.05, 3.63) is 82.9 Å². The van der Waals surface area contributed by atoms with Crippen molar-refractivity contribution in [1.29, 1.82) is 0 Å². The summed E-state index contributed by atoms with van der Waals surface area (Å²) in [5.41, 5.74) is 3.32. The van der Waals surface area contributed by atoms with Gasteiger partial charge in [0.1, 0.15) is 12.7 Å². The van der Waals surface area contributed by atoms with Crippen molar-refractivity contribution in [3.63, 3.8) is 0 Å². The average molecular weight is 467 g/mol. The number of nitrogens with one attached hydrogen (secondary N) is 2. The van der Waals surface area contributed by atoms with E-state index in [4.69, 9.17) is 9.47 Å². The van der Waals surface area contributed by atoms with E-state index in [1.165, 1.54) is 6.07 Å². The molecule has 1 atom stereocenters. The third-order valence-corrected chi connectivity index (χ3v) is 7.08. The zero-order valence-corrected chi connectivity index (χ0v) is 19.5. The number of hydrogen-bond donors (Lipinski definition) is 2. The topological polar surface area (TPSA) is 93.7 Å². The lowest BCUT2D eigenvalue weighted by Gasteiger charge is -2.26. The number of ether oxygens (including phenoxy) is 2. The zero-order valence-electron chi connectivity index (χ0n) is 18.7. The molecule has 2 N–H and O–H groups in total. The molecule has 1 amide bonds. The summed E-state index contributed by atoms with van der Waals surface area (Å²) in [7, 11) is -3.87. The summed E-state index contributed by atoms with van der Waals surface area (Å²) in [6.45, 7) is 6.11. The van der Waals surface area contributed by atoms with Gasteiger partial charge in [-0.15, -0.1) is 0 Å². The average Bonchev–Trinajstić information content (AvgIpc) is 2.79. The van der Waals surface area contributed by atoms with Crippen LogP contribution in [0, 0.1) is 20.8 Å². The van der Waals surface area contributed by atoms with Crippen LogP contribution in [0.1, 0.15) is 27.0 Å². The van der Waals surface area contributed by atoms with Gasteiger partial charge in [-0.3, -0.25) is 9.52 Å². The smallest absolute Gasteiger partial charge is 0.262 e. The van der Waals surface area contributed by atoms with Crippen LogP contribution in [0.4, 0.5) is 5.69 Å². The highest BCUT2D eigenvalue weighted by atomic mass is 32.2. The van der Waals surface area contributed by atoms with E-state index in [0.717, 1.165) is 11.1 Å². The van der Waals surface area contributed by atoms with E-state index < -0.39 is 10.0 Å². The number of benzene rings is 3. The summed E-state index contributed by atoms with van der Waals surface area (Å²) in [6.07, 6.45) is -0.344. The fourth-order valence-corrected chi connectivity index (χ4v) is 4.84. The largest absolute Gasteiger partial charge is 0.486 e. The Morgan fingerprint density at radius 3 is 2.42 bits per heavy atom. The molecule has 0 bridgehead atoms. The van der Waals surface area contributed by atoms with Crippen molar-refractivity contribution in [2.75, 3.05) is 17.9 Å². The van der Waals surface area contributed by atoms with Crippen LogP contribution in [0.2, 0.25) is 0 Å². The molecule has 4 rings (SSSR count). The lowest BCUT2D eigenvalue weighted by Crippen LogP contribution is -2.40. The van der Waals surface area contributed by atoms with Crippen molar-refractivity contribution in [3.8, 4) is 11.5 Å². The maximum atomic E-state index is 13.0. The highest BCUT2D eigenvalue weighted by Gasteiger charge is 2.23. The van der Waals surface area contributed by atoms with Gasteiger partial charge in [-0.05, 0) is 73.9 Å². The van der Waals surface area contributed by atoms with Gasteiger partial charge >= 0.3 is 0 Å². The van der Waals surface area contributed by atoms with E-state index in [0.29, 0.717) is 29.4 Å². The first-order valence-corrected chi connectivity index (χ1v) is 12.1. The third kappa shape index (κ3) is 5.12. The van der Waals surface area contributed by atoms with Crippen molar-refractivity contribution >= 4 is 21.6 Å². The molecule has 3 aromatic carbocycles. The standard InChI is InChI=1S/C25H26N2O5S/c1-16-9-11-20(12-18(16)3)27-33(29,30)24-13-19(10-8-17(24)2)25(28)26-14-21-15-31-22-6-4-5-7-23(22)32-21/h4-13,21,27H,14-15H2,1-3H3,(H,26,28). The number of para-hydroxylation sites is 2. The minimum absolute atomic E-state index is 0.0551. The predicted octanol–water partition coefficient (Wildman–Crippen LogP) is 3.98. The Labute approximate surface area is 193 Å². The Hall–Kier alpha value is -3.52. The zero-order chi connectivity index (χ0) is 23.6. The molecular weight excluding hydrogens is 440 g/mol. The second kappa shape index (κ2) is 9.15. The molecule has 1 heterocycles. The lowest BCUT2D eigenvalue weighted by atomic mass is 10.1. The van der Waals surface area contributed by atoms with Gasteiger partial charge in [-0.2, -0.15) is 0 Å². The summed E-state index contributed by atoms with van der Waals surface area (Å²) in [4.78, 5) is 12.8. The second-order valence-electron chi connectivity index (χ2n) is 8.09. The van der Waals surface area contributed by atoms with Gasteiger partial charge in [0, 0.05) is 11.3 Å². The summed E-state index contributed by atoms with van der Waals surface area (Å²) in [5, 5.41) is 2.80. The first kappa shape index (κ1) is 22.7. The summed E-state index contributed by atoms with van der Waals surface area (Å²) in [6, 6.07) is 17.3. The molecule has 7 nitrogen and oxygen atoms in total. The highest BCUT2D eigenvalue weighted by molar-refractivity contribution is 7.92. The van der Waals surface area contributed by atoms with Gasteiger partial charge in [0.25, 0.3) is 15.9 Å². The number of fused-ring (bicyclic) bond motifs is 1. The van der Waals surface area contributed by atoms with Gasteiger partial charge in [0.15, 0.2) is 11.5 Å². The van der Waals surface area contributed by atoms with E-state index in [1.807, 2.05) is 44.2 Å². The summed E-state index contributed by atoms with van der Waals surface area (Å²) in [5.74, 6) is 0.911. The number of aryl methyl sites for hydroxylation is 3. The molecule has 0 saturated carbocycles. The third-order valence-electron chi connectivity index (χ3n) is 5.56. The molecule has 8 heteroatoms. The molecule has 0 aromatic heterocycles. The second-order valence-corrected chi connectivity index (χ2v) is 9.74. The fraction of sp³-hybridized carbons (Fsp3) is 0.240. The van der Waals surface area contributed by atoms with Crippen LogP contribution in [0.25, 0.3) is 0 Å². The molecule has 172 valence electrons. The van der Waals surface area contributed by atoms with Crippen molar-refractivity contribution in [2.45, 2.75) is 31.8 Å². The molecule has 0 fully saturated rings. The minimum Gasteiger partial charge on any atom is -0.486 e. The molecule has 33 heavy (non-hydrogen) atoms. The van der Waals surface area contributed by atoms with Gasteiger partial charge < -0.3 is 14.8 Å². The lowest BCUT2D eigenvalue weighted by molar-refractivity contribution is 0.0789. The molecule has 1 aliphatic rings. The first-order chi connectivity index (χ1) is 15.7. The maximum Gasteiger partial charge on any atom is 0.262 e. The molecular formula is C25H26N2O5S. The number of amides is 1. The van der Waals surface area contributed by atoms with Crippen LogP contribution in [0.5, 0.6) is 11.5 Å². The van der Waals surface area contributed by atoms with Crippen LogP contribution in [0.15, 0.2) is 65.6 Å². The molecule has 0 radical (unpaired) electrons. The molecule has 0 aliphatic carbocycles. The van der Waals surface area contributed by atoms with Crippen molar-refractivity contribution in [1.82, 2.24) is 5.32 Å². The van der Waals surface area contributed by atoms with Gasteiger partial charge in [-0.1, -0.05) is 24.3 Å². The number of sulfonamides is 1. The number of hydrogen-bond acceptors (Lipinski definition) is 5. The van der Waals surface area contributed by atoms with E-state index in [2.05, 4.69) is 10.0 Å². The molecule has 3 aromatic rings. The quantitative estimate of drug-likeness (QED) is 0.573. The summed E-state index contributed by atoms with van der Waals surface area (Å²) >= 11 is 0. The Balaban J connectivity index is 1.46. The number of carbonyl (C=O) groups excluding carboxylic acids is 1. The maximum absolute atomic E-state index is 13.0. The Kier molecular flexibility index (Phi) is 6.29. The molecule has 1 unspecified atom stereocenters. The SMILES string of the molecule is Cc1ccc(NS(=O)(=O)c2cc(C(=O)NCC3COc4ccccc4O3)ccc2C)cc1C. The Morgan fingerprint density at radius 2 is 1.67 bits per heavy atom. The Morgan fingerprint density at radius 1 is 0.939 bits per heavy atom. The van der Waals surface area contributed by atoms with Gasteiger partial charge in [0.05, 0.1) is 11.4 Å². The van der Waals surface area contributed by atoms with Crippen molar-refractivity contribution < 1.29 is 22.7 Å². The van der Waals surface area contributed by atoms with Crippen molar-refractivity contribution in [2.24, 2.45) is 0 Å². The molecule has 0 spiro atoms. The highest BCUT2D eigenvalue weighted by Crippen LogP contribution is 2.30.